The zero-order valence-electron chi connectivity index (χ0n) is 22.3. The molecule has 2 amide bonds. The predicted octanol–water partition coefficient (Wildman–Crippen LogP) is 5.93. The van der Waals surface area contributed by atoms with E-state index < -0.39 is 0 Å². The second-order valence-corrected chi connectivity index (χ2v) is 12.4. The third kappa shape index (κ3) is 5.05. The fourth-order valence-corrected chi connectivity index (χ4v) is 6.65. The molecule has 0 saturated heterocycles. The second-order valence-electron chi connectivity index (χ2n) is 10.6. The first-order valence-corrected chi connectivity index (χ1v) is 14.6. The van der Waals surface area contributed by atoms with Crippen molar-refractivity contribution in [1.82, 2.24) is 15.1 Å². The van der Waals surface area contributed by atoms with Crippen LogP contribution in [0.2, 0.25) is 0 Å². The molecule has 0 saturated carbocycles. The normalized spacial score (nSPS) is 15.9. The minimum atomic E-state index is -0.289. The maximum atomic E-state index is 13.7. The Bertz CT molecular complexity index is 1450. The molecule has 0 radical (unpaired) electrons. The van der Waals surface area contributed by atoms with Crippen LogP contribution < -0.4 is 10.2 Å². The number of amides is 2. The third-order valence-electron chi connectivity index (χ3n) is 6.79. The molecule has 1 aliphatic heterocycles. The summed E-state index contributed by atoms with van der Waals surface area (Å²) in [7, 11) is 0. The Morgan fingerprint density at radius 2 is 2.00 bits per heavy atom. The van der Waals surface area contributed by atoms with Crippen LogP contribution in [0.25, 0.3) is 5.69 Å². The molecule has 4 aromatic rings. The zero-order valence-corrected chi connectivity index (χ0v) is 23.9. The molecule has 0 unspecified atom stereocenters. The van der Waals surface area contributed by atoms with Crippen LogP contribution in [0.4, 0.5) is 5.82 Å². The molecule has 1 N–H and O–H groups in total. The van der Waals surface area contributed by atoms with Crippen molar-refractivity contribution in [1.29, 1.82) is 0 Å². The summed E-state index contributed by atoms with van der Waals surface area (Å²) in [4.78, 5) is 28.5. The van der Waals surface area contributed by atoms with E-state index in [4.69, 9.17) is 9.52 Å². The molecule has 0 fully saturated rings. The molecule has 1 aromatic carbocycles. The average molecular weight is 549 g/mol. The fraction of sp³-hybridized carbons (Fsp3) is 0.345. The van der Waals surface area contributed by atoms with Gasteiger partial charge in [-0.05, 0) is 65.6 Å². The summed E-state index contributed by atoms with van der Waals surface area (Å²) in [6, 6.07) is 11.8. The highest BCUT2D eigenvalue weighted by Gasteiger charge is 2.40. The smallest absolute Gasteiger partial charge is 0.240 e. The van der Waals surface area contributed by atoms with Gasteiger partial charge in [0.25, 0.3) is 0 Å². The van der Waals surface area contributed by atoms with Gasteiger partial charge < -0.3 is 9.73 Å². The van der Waals surface area contributed by atoms with Crippen molar-refractivity contribution in [3.05, 3.63) is 87.1 Å². The maximum Gasteiger partial charge on any atom is 0.240 e. The molecule has 0 spiro atoms. The lowest BCUT2D eigenvalue weighted by Crippen LogP contribution is -2.42. The summed E-state index contributed by atoms with van der Waals surface area (Å²) in [6.07, 6.45) is 1.57. The Morgan fingerprint density at radius 3 is 2.68 bits per heavy atom. The van der Waals surface area contributed by atoms with Gasteiger partial charge in [-0.1, -0.05) is 32.9 Å². The van der Waals surface area contributed by atoms with Gasteiger partial charge in [-0.3, -0.25) is 14.5 Å². The van der Waals surface area contributed by atoms with Gasteiger partial charge in [-0.2, -0.15) is 16.4 Å². The number of carbonyl (C=O) groups excluding carboxylic acids is 2. The molecule has 9 heteroatoms. The molecule has 38 heavy (non-hydrogen) atoms. The lowest BCUT2D eigenvalue weighted by Gasteiger charge is -2.24. The second kappa shape index (κ2) is 10.5. The molecule has 0 bridgehead atoms. The topological polar surface area (TPSA) is 80.4 Å². The monoisotopic (exact) mass is 548 g/mol. The summed E-state index contributed by atoms with van der Waals surface area (Å²) in [6.45, 7) is 10.7. The fourth-order valence-electron chi connectivity index (χ4n) is 4.69. The average Bonchev–Trinajstić information content (AvgIpc) is 3.63. The van der Waals surface area contributed by atoms with Gasteiger partial charge in [0.2, 0.25) is 11.8 Å². The number of nitrogens with one attached hydrogen (secondary N) is 1. The molecule has 4 heterocycles. The molecular weight excluding hydrogens is 516 g/mol. The van der Waals surface area contributed by atoms with Gasteiger partial charge >= 0.3 is 0 Å². The Hall–Kier alpha value is -3.30. The van der Waals surface area contributed by atoms with E-state index >= 15 is 0 Å². The largest absolute Gasteiger partial charge is 0.467 e. The van der Waals surface area contributed by atoms with Crippen LogP contribution in [0, 0.1) is 13.8 Å². The molecule has 5 rings (SSSR count). The first-order chi connectivity index (χ1) is 18.1. The van der Waals surface area contributed by atoms with E-state index in [9.17, 15) is 9.59 Å². The quantitative estimate of drug-likeness (QED) is 0.323. The molecular formula is C29H32N4O3S2. The van der Waals surface area contributed by atoms with Crippen molar-refractivity contribution in [2.75, 3.05) is 17.2 Å². The van der Waals surface area contributed by atoms with Gasteiger partial charge in [0.05, 0.1) is 35.2 Å². The molecule has 198 valence electrons. The number of aryl methyl sites for hydroxylation is 1. The van der Waals surface area contributed by atoms with Crippen LogP contribution in [-0.2, 0) is 21.5 Å². The van der Waals surface area contributed by atoms with Crippen LogP contribution >= 0.6 is 23.1 Å². The summed E-state index contributed by atoms with van der Waals surface area (Å²) >= 11 is 3.24. The van der Waals surface area contributed by atoms with Crippen molar-refractivity contribution < 1.29 is 14.0 Å². The van der Waals surface area contributed by atoms with Gasteiger partial charge in [-0.25, -0.2) is 4.68 Å². The van der Waals surface area contributed by atoms with Crippen LogP contribution in [-0.4, -0.2) is 33.9 Å². The Labute approximate surface area is 231 Å². The highest BCUT2D eigenvalue weighted by atomic mass is 32.2. The van der Waals surface area contributed by atoms with Crippen molar-refractivity contribution in [3.8, 4) is 5.69 Å². The SMILES string of the molecule is Cc1cccc(-n2nc(C(C)(C)C)c3c2N(CC(=O)NCc2ccco2)C(=O)CS[C@@H]3c2ccsc2)c1C. The summed E-state index contributed by atoms with van der Waals surface area (Å²) in [5, 5.41) is 12.2. The van der Waals surface area contributed by atoms with Crippen LogP contribution in [0.15, 0.2) is 57.8 Å². The van der Waals surface area contributed by atoms with Gasteiger partial charge in [0.1, 0.15) is 18.1 Å². The highest BCUT2D eigenvalue weighted by molar-refractivity contribution is 8.00. The number of fused-ring (bicyclic) bond motifs is 1. The highest BCUT2D eigenvalue weighted by Crippen LogP contribution is 2.49. The standard InChI is InChI=1S/C29H32N4O3S2/c1-18-8-6-10-22(19(18)2)33-28-25(27(31-33)29(3,4)5)26(20-11-13-37-16-20)38-17-24(35)32(28)15-23(34)30-14-21-9-7-12-36-21/h6-13,16,26H,14-15,17H2,1-5H3,(H,30,34)/t26-/m1/s1. The number of furan rings is 1. The number of hydrogen-bond acceptors (Lipinski definition) is 6. The van der Waals surface area contributed by atoms with Crippen molar-refractivity contribution >= 4 is 40.7 Å². The lowest BCUT2D eigenvalue weighted by atomic mass is 9.87. The number of carbonyl (C=O) groups is 2. The number of benzene rings is 1. The van der Waals surface area contributed by atoms with E-state index in [0.29, 0.717) is 11.6 Å². The predicted molar refractivity (Wildman–Crippen MR) is 153 cm³/mol. The Morgan fingerprint density at radius 1 is 1.18 bits per heavy atom. The van der Waals surface area contributed by atoms with E-state index in [1.807, 2.05) is 22.9 Å². The van der Waals surface area contributed by atoms with Crippen LogP contribution in [0.3, 0.4) is 0 Å². The van der Waals surface area contributed by atoms with Crippen LogP contribution in [0.1, 0.15) is 59.7 Å². The molecule has 7 nitrogen and oxygen atoms in total. The number of thiophene rings is 1. The van der Waals surface area contributed by atoms with Gasteiger partial charge in [0.15, 0.2) is 0 Å². The van der Waals surface area contributed by atoms with E-state index in [-0.39, 0.29) is 41.3 Å². The first-order valence-electron chi connectivity index (χ1n) is 12.6. The van der Waals surface area contributed by atoms with Crippen LogP contribution in [0.5, 0.6) is 0 Å². The zero-order chi connectivity index (χ0) is 27.0. The number of aromatic nitrogens is 2. The number of rotatable bonds is 6. The Balaban J connectivity index is 1.68. The molecule has 1 aliphatic rings. The first kappa shape index (κ1) is 26.3. The van der Waals surface area contributed by atoms with Crippen molar-refractivity contribution in [3.63, 3.8) is 0 Å². The number of anilines is 1. The molecule has 0 aliphatic carbocycles. The van der Waals surface area contributed by atoms with Gasteiger partial charge in [0, 0.05) is 11.0 Å². The minimum absolute atomic E-state index is 0.0792. The van der Waals surface area contributed by atoms with E-state index in [0.717, 1.165) is 33.6 Å². The van der Waals surface area contributed by atoms with Crippen molar-refractivity contribution in [2.24, 2.45) is 0 Å². The maximum absolute atomic E-state index is 13.7. The number of hydrogen-bond donors (Lipinski definition) is 1. The molecule has 3 aromatic heterocycles. The third-order valence-corrected chi connectivity index (χ3v) is 8.75. The summed E-state index contributed by atoms with van der Waals surface area (Å²) in [5.41, 5.74) is 5.89. The minimum Gasteiger partial charge on any atom is -0.467 e. The molecule has 1 atom stereocenters. The van der Waals surface area contributed by atoms with E-state index in [1.54, 1.807) is 40.3 Å². The van der Waals surface area contributed by atoms with Crippen molar-refractivity contribution in [2.45, 2.75) is 51.8 Å². The van der Waals surface area contributed by atoms with E-state index in [2.05, 4.69) is 62.8 Å². The number of thioether (sulfide) groups is 1. The Kier molecular flexibility index (Phi) is 7.24. The lowest BCUT2D eigenvalue weighted by molar-refractivity contribution is -0.123. The summed E-state index contributed by atoms with van der Waals surface area (Å²) in [5.74, 6) is 1.21. The van der Waals surface area contributed by atoms with E-state index in [1.165, 1.54) is 0 Å². The van der Waals surface area contributed by atoms with Gasteiger partial charge in [-0.15, -0.1) is 11.8 Å². The number of nitrogens with zero attached hydrogens (tertiary/aromatic N) is 3. The summed E-state index contributed by atoms with van der Waals surface area (Å²) < 4.78 is 7.25.